The molecule has 0 amide bonds. The van der Waals surface area contributed by atoms with Crippen LogP contribution in [-0.4, -0.2) is 32.1 Å². The molecule has 0 fully saturated rings. The zero-order valence-electron chi connectivity index (χ0n) is 15.0. The standard InChI is InChI=1S/C20H24N2O4/c1-13-7-9-19(23)15(11-13)17(21-25)5-3-4-6-18(22-26)16-12-14(2)8-10-20(16)24/h7-12,23-26H,3-6H2,1-2H3/b21-17-,22-18-. The summed E-state index contributed by atoms with van der Waals surface area (Å²) in [4.78, 5) is 0. The predicted octanol–water partition coefficient (Wildman–Crippen LogP) is 4.33. The molecule has 0 atom stereocenters. The molecule has 0 aliphatic rings. The van der Waals surface area contributed by atoms with E-state index in [1.54, 1.807) is 36.4 Å². The summed E-state index contributed by atoms with van der Waals surface area (Å²) >= 11 is 0. The molecule has 0 saturated carbocycles. The van der Waals surface area contributed by atoms with Gasteiger partial charge in [-0.2, -0.15) is 0 Å². The van der Waals surface area contributed by atoms with Gasteiger partial charge in [-0.1, -0.05) is 33.6 Å². The van der Waals surface area contributed by atoms with Crippen LogP contribution in [0.2, 0.25) is 0 Å². The van der Waals surface area contributed by atoms with E-state index >= 15 is 0 Å². The van der Waals surface area contributed by atoms with E-state index in [2.05, 4.69) is 10.3 Å². The predicted molar refractivity (Wildman–Crippen MR) is 101 cm³/mol. The molecule has 2 rings (SSSR count). The van der Waals surface area contributed by atoms with Crippen LogP contribution in [0.25, 0.3) is 0 Å². The summed E-state index contributed by atoms with van der Waals surface area (Å²) in [5.74, 6) is 0.149. The SMILES string of the molecule is Cc1ccc(O)c(/C(CCCC/C(=N/O)c2cc(C)ccc2O)=N\O)c1. The Bertz CT molecular complexity index is 759. The topological polar surface area (TPSA) is 106 Å². The first kappa shape index (κ1) is 19.3. The second kappa shape index (κ2) is 8.89. The van der Waals surface area contributed by atoms with Crippen LogP contribution in [0.5, 0.6) is 11.5 Å². The Labute approximate surface area is 152 Å². The van der Waals surface area contributed by atoms with Crippen molar-refractivity contribution < 1.29 is 20.6 Å². The summed E-state index contributed by atoms with van der Waals surface area (Å²) in [6, 6.07) is 10.3. The van der Waals surface area contributed by atoms with Gasteiger partial charge < -0.3 is 20.6 Å². The molecule has 0 aliphatic heterocycles. The minimum atomic E-state index is 0.0747. The van der Waals surface area contributed by atoms with Crippen LogP contribution >= 0.6 is 0 Å². The zero-order valence-corrected chi connectivity index (χ0v) is 15.0. The minimum Gasteiger partial charge on any atom is -0.507 e. The zero-order chi connectivity index (χ0) is 19.1. The first-order valence-electron chi connectivity index (χ1n) is 8.48. The molecule has 2 aromatic rings. The summed E-state index contributed by atoms with van der Waals surface area (Å²) in [5.41, 5.74) is 3.77. The molecule has 138 valence electrons. The number of rotatable bonds is 7. The summed E-state index contributed by atoms with van der Waals surface area (Å²) in [5, 5.41) is 45.1. The first-order valence-corrected chi connectivity index (χ1v) is 8.48. The van der Waals surface area contributed by atoms with Crippen molar-refractivity contribution in [3.63, 3.8) is 0 Å². The summed E-state index contributed by atoms with van der Waals surface area (Å²) in [6.07, 6.45) is 2.26. The second-order valence-corrected chi connectivity index (χ2v) is 6.34. The molecule has 0 unspecified atom stereocenters. The van der Waals surface area contributed by atoms with Gasteiger partial charge in [0.1, 0.15) is 11.5 Å². The number of oxime groups is 2. The molecule has 0 saturated heterocycles. The van der Waals surface area contributed by atoms with Crippen LogP contribution in [-0.2, 0) is 0 Å². The molecule has 6 heteroatoms. The number of aromatic hydroxyl groups is 2. The number of hydrogen-bond donors (Lipinski definition) is 4. The summed E-state index contributed by atoms with van der Waals surface area (Å²) in [7, 11) is 0. The normalized spacial score (nSPS) is 12.4. The lowest BCUT2D eigenvalue weighted by Crippen LogP contribution is -2.05. The van der Waals surface area contributed by atoms with Gasteiger partial charge in [-0.15, -0.1) is 0 Å². The van der Waals surface area contributed by atoms with Crippen molar-refractivity contribution in [1.82, 2.24) is 0 Å². The van der Waals surface area contributed by atoms with Crippen LogP contribution in [0.4, 0.5) is 0 Å². The van der Waals surface area contributed by atoms with Crippen molar-refractivity contribution in [1.29, 1.82) is 0 Å². The maximum atomic E-state index is 9.95. The molecule has 4 N–H and O–H groups in total. The second-order valence-electron chi connectivity index (χ2n) is 6.34. The number of aryl methyl sites for hydroxylation is 2. The molecule has 0 radical (unpaired) electrons. The van der Waals surface area contributed by atoms with Gasteiger partial charge in [0.2, 0.25) is 0 Å². The fourth-order valence-electron chi connectivity index (χ4n) is 2.82. The van der Waals surface area contributed by atoms with Crippen LogP contribution in [0.15, 0.2) is 46.7 Å². The molecule has 0 aliphatic carbocycles. The molecule has 26 heavy (non-hydrogen) atoms. The lowest BCUT2D eigenvalue weighted by atomic mass is 9.98. The summed E-state index contributed by atoms with van der Waals surface area (Å²) in [6.45, 7) is 3.80. The summed E-state index contributed by atoms with van der Waals surface area (Å²) < 4.78 is 0. The Balaban J connectivity index is 1.98. The number of unbranched alkanes of at least 4 members (excludes halogenated alkanes) is 1. The Kier molecular flexibility index (Phi) is 6.60. The van der Waals surface area contributed by atoms with Crippen molar-refractivity contribution in [3.8, 4) is 11.5 Å². The van der Waals surface area contributed by atoms with Gasteiger partial charge in [0.05, 0.1) is 11.4 Å². The van der Waals surface area contributed by atoms with E-state index in [1.807, 2.05) is 13.8 Å². The maximum Gasteiger partial charge on any atom is 0.124 e. The number of phenols is 2. The molecule has 6 nitrogen and oxygen atoms in total. The van der Waals surface area contributed by atoms with E-state index in [1.165, 1.54) is 0 Å². The number of phenolic OH excluding ortho intramolecular Hbond substituents is 2. The Hall–Kier alpha value is -3.02. The smallest absolute Gasteiger partial charge is 0.124 e. The number of nitrogens with zero attached hydrogens (tertiary/aromatic N) is 2. The van der Waals surface area contributed by atoms with Gasteiger partial charge in [0.15, 0.2) is 0 Å². The number of benzene rings is 2. The van der Waals surface area contributed by atoms with Gasteiger partial charge in [-0.25, -0.2) is 0 Å². The fraction of sp³-hybridized carbons (Fsp3) is 0.300. The van der Waals surface area contributed by atoms with Crippen LogP contribution in [0.3, 0.4) is 0 Å². The van der Waals surface area contributed by atoms with Gasteiger partial charge in [-0.05, 0) is 63.8 Å². The quantitative estimate of drug-likeness (QED) is 0.256. The van der Waals surface area contributed by atoms with Gasteiger partial charge in [0.25, 0.3) is 0 Å². The highest BCUT2D eigenvalue weighted by molar-refractivity contribution is 6.03. The van der Waals surface area contributed by atoms with Crippen LogP contribution in [0, 0.1) is 13.8 Å². The highest BCUT2D eigenvalue weighted by Crippen LogP contribution is 2.24. The highest BCUT2D eigenvalue weighted by atomic mass is 16.4. The average molecular weight is 356 g/mol. The minimum absolute atomic E-state index is 0.0747. The molecule has 0 aromatic heterocycles. The van der Waals surface area contributed by atoms with Crippen molar-refractivity contribution in [3.05, 3.63) is 58.7 Å². The maximum absolute atomic E-state index is 9.95. The van der Waals surface area contributed by atoms with E-state index in [9.17, 15) is 20.6 Å². The van der Waals surface area contributed by atoms with E-state index in [-0.39, 0.29) is 11.5 Å². The molecule has 0 spiro atoms. The molecule has 0 heterocycles. The molecular formula is C20H24N2O4. The van der Waals surface area contributed by atoms with Gasteiger partial charge >= 0.3 is 0 Å². The fourth-order valence-corrected chi connectivity index (χ4v) is 2.82. The molecular weight excluding hydrogens is 332 g/mol. The Morgan fingerprint density at radius 1 is 0.731 bits per heavy atom. The lowest BCUT2D eigenvalue weighted by molar-refractivity contribution is 0.316. The lowest BCUT2D eigenvalue weighted by Gasteiger charge is -2.10. The Morgan fingerprint density at radius 2 is 1.12 bits per heavy atom. The molecule has 2 aromatic carbocycles. The third-order valence-electron chi connectivity index (χ3n) is 4.24. The van der Waals surface area contributed by atoms with E-state index in [4.69, 9.17) is 0 Å². The van der Waals surface area contributed by atoms with Crippen LogP contribution < -0.4 is 0 Å². The first-order chi connectivity index (χ1) is 12.5. The largest absolute Gasteiger partial charge is 0.507 e. The number of hydrogen-bond acceptors (Lipinski definition) is 6. The van der Waals surface area contributed by atoms with Crippen molar-refractivity contribution in [2.45, 2.75) is 39.5 Å². The van der Waals surface area contributed by atoms with Crippen molar-refractivity contribution in [2.75, 3.05) is 0 Å². The van der Waals surface area contributed by atoms with E-state index < -0.39 is 0 Å². The van der Waals surface area contributed by atoms with Crippen LogP contribution in [0.1, 0.15) is 47.9 Å². The van der Waals surface area contributed by atoms with Gasteiger partial charge in [-0.3, -0.25) is 0 Å². The third-order valence-corrected chi connectivity index (χ3v) is 4.24. The van der Waals surface area contributed by atoms with E-state index in [0.717, 1.165) is 11.1 Å². The monoisotopic (exact) mass is 356 g/mol. The third kappa shape index (κ3) is 4.75. The van der Waals surface area contributed by atoms with E-state index in [0.29, 0.717) is 48.2 Å². The molecule has 0 bridgehead atoms. The van der Waals surface area contributed by atoms with Crippen molar-refractivity contribution >= 4 is 11.4 Å². The Morgan fingerprint density at radius 3 is 1.46 bits per heavy atom. The van der Waals surface area contributed by atoms with Gasteiger partial charge in [0, 0.05) is 11.1 Å². The highest BCUT2D eigenvalue weighted by Gasteiger charge is 2.13. The average Bonchev–Trinajstić information content (AvgIpc) is 2.63. The van der Waals surface area contributed by atoms with Crippen molar-refractivity contribution in [2.24, 2.45) is 10.3 Å².